The Balaban J connectivity index is 1.34. The lowest BCUT2D eigenvalue weighted by Crippen LogP contribution is -2.47. The highest BCUT2D eigenvalue weighted by Crippen LogP contribution is 2.44. The average Bonchev–Trinajstić information content (AvgIpc) is 2.99. The van der Waals surface area contributed by atoms with Crippen LogP contribution in [-0.4, -0.2) is 54.4 Å². The topological polar surface area (TPSA) is 49.9 Å². The van der Waals surface area contributed by atoms with Crippen molar-refractivity contribution in [1.82, 2.24) is 9.80 Å². The normalized spacial score (nSPS) is 20.4. The molecule has 1 atom stereocenters. The molecule has 5 heteroatoms. The van der Waals surface area contributed by atoms with Crippen molar-refractivity contribution in [3.8, 4) is 5.75 Å². The fraction of sp³-hybridized carbons (Fsp3) is 0.462. The number of likely N-dealkylation sites (N-methyl/N-ethyl adjacent to an activating group) is 1. The predicted octanol–water partition coefficient (Wildman–Crippen LogP) is 3.76. The number of likely N-dealkylation sites (tertiary alicyclic amines) is 2. The fourth-order valence-electron chi connectivity index (χ4n) is 5.16. The van der Waals surface area contributed by atoms with Gasteiger partial charge >= 0.3 is 0 Å². The molecule has 2 aliphatic heterocycles. The number of hydrogen-bond donors (Lipinski definition) is 0. The number of benzene rings is 2. The lowest BCUT2D eigenvalue weighted by atomic mass is 9.75. The summed E-state index contributed by atoms with van der Waals surface area (Å²) in [7, 11) is 1.93. The molecular weight excluding hydrogens is 388 g/mol. The summed E-state index contributed by atoms with van der Waals surface area (Å²) in [5.41, 5.74) is 3.02. The molecule has 164 valence electrons. The zero-order valence-electron chi connectivity index (χ0n) is 18.8. The molecule has 2 aromatic rings. The average molecular weight is 421 g/mol. The highest BCUT2D eigenvalue weighted by atomic mass is 16.5. The second kappa shape index (κ2) is 8.74. The quantitative estimate of drug-likeness (QED) is 0.740. The molecule has 0 N–H and O–H groups in total. The molecule has 4 rings (SSSR count). The van der Waals surface area contributed by atoms with Crippen LogP contribution >= 0.6 is 0 Å². The summed E-state index contributed by atoms with van der Waals surface area (Å²) in [6.45, 7) is 5.26. The van der Waals surface area contributed by atoms with Crippen LogP contribution in [0.4, 0.5) is 0 Å². The van der Waals surface area contributed by atoms with Gasteiger partial charge in [-0.25, -0.2) is 0 Å². The van der Waals surface area contributed by atoms with Crippen LogP contribution in [0.5, 0.6) is 5.75 Å². The van der Waals surface area contributed by atoms with Gasteiger partial charge in [0.15, 0.2) is 6.61 Å². The van der Waals surface area contributed by atoms with Crippen molar-refractivity contribution in [1.29, 1.82) is 0 Å². The first-order chi connectivity index (χ1) is 14.9. The van der Waals surface area contributed by atoms with Crippen LogP contribution in [0.15, 0.2) is 48.5 Å². The van der Waals surface area contributed by atoms with Gasteiger partial charge in [0.25, 0.3) is 5.91 Å². The molecule has 2 aromatic carbocycles. The first kappa shape index (κ1) is 21.4. The predicted molar refractivity (Wildman–Crippen MR) is 121 cm³/mol. The van der Waals surface area contributed by atoms with E-state index in [1.54, 1.807) is 0 Å². The number of carbonyl (C=O) groups is 2. The smallest absolute Gasteiger partial charge is 0.260 e. The van der Waals surface area contributed by atoms with Crippen LogP contribution < -0.4 is 4.74 Å². The number of carbonyl (C=O) groups excluding carboxylic acids is 2. The minimum absolute atomic E-state index is 0.00265. The van der Waals surface area contributed by atoms with Gasteiger partial charge in [-0.1, -0.05) is 48.5 Å². The summed E-state index contributed by atoms with van der Waals surface area (Å²) in [4.78, 5) is 29.7. The highest BCUT2D eigenvalue weighted by molar-refractivity contribution is 5.86. The molecule has 0 aromatic heterocycles. The van der Waals surface area contributed by atoms with Gasteiger partial charge in [-0.05, 0) is 56.2 Å². The SMILES string of the molecule is Cc1cccc(C)c1OCC(=O)N1CCC2(CC1)C[C@H](Cc1ccccc1)N(C)C2=O. The first-order valence-electron chi connectivity index (χ1n) is 11.2. The number of nitrogens with zero attached hydrogens (tertiary/aromatic N) is 2. The van der Waals surface area contributed by atoms with Crippen LogP contribution in [0.3, 0.4) is 0 Å². The van der Waals surface area contributed by atoms with Gasteiger partial charge < -0.3 is 14.5 Å². The summed E-state index contributed by atoms with van der Waals surface area (Å²) in [6.07, 6.45) is 3.22. The Labute approximate surface area is 185 Å². The maximum atomic E-state index is 13.1. The largest absolute Gasteiger partial charge is 0.483 e. The molecule has 0 saturated carbocycles. The molecule has 0 radical (unpaired) electrons. The minimum Gasteiger partial charge on any atom is -0.483 e. The number of aryl methyl sites for hydroxylation is 2. The molecule has 1 spiro atoms. The van der Waals surface area contributed by atoms with Gasteiger partial charge in [0.2, 0.25) is 5.91 Å². The number of amides is 2. The number of ether oxygens (including phenoxy) is 1. The number of para-hydroxylation sites is 1. The Kier molecular flexibility index (Phi) is 6.03. The molecule has 0 aliphatic carbocycles. The Hall–Kier alpha value is -2.82. The van der Waals surface area contributed by atoms with Crippen LogP contribution in [0.25, 0.3) is 0 Å². The summed E-state index contributed by atoms with van der Waals surface area (Å²) in [6, 6.07) is 16.6. The van der Waals surface area contributed by atoms with Gasteiger partial charge in [-0.2, -0.15) is 0 Å². The zero-order chi connectivity index (χ0) is 22.0. The minimum atomic E-state index is -0.321. The second-order valence-electron chi connectivity index (χ2n) is 9.13. The van der Waals surface area contributed by atoms with Crippen LogP contribution in [0.2, 0.25) is 0 Å². The molecule has 2 fully saturated rings. The van der Waals surface area contributed by atoms with E-state index in [4.69, 9.17) is 4.74 Å². The molecule has 5 nitrogen and oxygen atoms in total. The zero-order valence-corrected chi connectivity index (χ0v) is 18.8. The van der Waals surface area contributed by atoms with Crippen LogP contribution in [-0.2, 0) is 16.0 Å². The molecular formula is C26H32N2O3. The Morgan fingerprint density at radius 1 is 1.03 bits per heavy atom. The van der Waals surface area contributed by atoms with Crippen molar-refractivity contribution in [3.63, 3.8) is 0 Å². The van der Waals surface area contributed by atoms with Crippen molar-refractivity contribution in [2.75, 3.05) is 26.7 Å². The van der Waals surface area contributed by atoms with E-state index in [1.165, 1.54) is 5.56 Å². The third-order valence-electron chi connectivity index (χ3n) is 7.08. The number of hydrogen-bond acceptors (Lipinski definition) is 3. The molecule has 2 saturated heterocycles. The van der Waals surface area contributed by atoms with E-state index in [-0.39, 0.29) is 29.9 Å². The van der Waals surface area contributed by atoms with E-state index >= 15 is 0 Å². The lowest BCUT2D eigenvalue weighted by molar-refractivity contribution is -0.143. The highest BCUT2D eigenvalue weighted by Gasteiger charge is 2.51. The van der Waals surface area contributed by atoms with E-state index in [2.05, 4.69) is 12.1 Å². The van der Waals surface area contributed by atoms with E-state index in [0.29, 0.717) is 13.1 Å². The monoisotopic (exact) mass is 420 g/mol. The molecule has 2 aliphatic rings. The maximum absolute atomic E-state index is 13.1. The summed E-state index contributed by atoms with van der Waals surface area (Å²) >= 11 is 0. The van der Waals surface area contributed by atoms with Crippen LogP contribution in [0, 0.1) is 19.3 Å². The van der Waals surface area contributed by atoms with Crippen molar-refractivity contribution in [2.24, 2.45) is 5.41 Å². The molecule has 0 unspecified atom stereocenters. The third-order valence-corrected chi connectivity index (χ3v) is 7.08. The Morgan fingerprint density at radius 2 is 1.68 bits per heavy atom. The van der Waals surface area contributed by atoms with E-state index < -0.39 is 0 Å². The lowest BCUT2D eigenvalue weighted by Gasteiger charge is -2.37. The van der Waals surface area contributed by atoms with Gasteiger partial charge in [0.05, 0.1) is 5.41 Å². The molecule has 2 heterocycles. The number of piperidine rings is 1. The van der Waals surface area contributed by atoms with Crippen molar-refractivity contribution < 1.29 is 14.3 Å². The standard InChI is InChI=1S/C26H32N2O3/c1-19-8-7-9-20(2)24(19)31-18-23(29)28-14-12-26(13-15-28)17-22(27(3)25(26)30)16-21-10-5-4-6-11-21/h4-11,22H,12-18H2,1-3H3/t22-/m0/s1. The van der Waals surface area contributed by atoms with Crippen LogP contribution in [0.1, 0.15) is 36.0 Å². The second-order valence-corrected chi connectivity index (χ2v) is 9.13. The van der Waals surface area contributed by atoms with Gasteiger partial charge in [-0.3, -0.25) is 9.59 Å². The van der Waals surface area contributed by atoms with Crippen molar-refractivity contribution in [3.05, 3.63) is 65.2 Å². The summed E-state index contributed by atoms with van der Waals surface area (Å²) in [5, 5.41) is 0. The number of rotatable bonds is 5. The van der Waals surface area contributed by atoms with Crippen molar-refractivity contribution >= 4 is 11.8 Å². The van der Waals surface area contributed by atoms with Gasteiger partial charge in [0, 0.05) is 26.2 Å². The van der Waals surface area contributed by atoms with Gasteiger partial charge in [-0.15, -0.1) is 0 Å². The summed E-state index contributed by atoms with van der Waals surface area (Å²) in [5.74, 6) is 1.03. The van der Waals surface area contributed by atoms with Gasteiger partial charge in [0.1, 0.15) is 5.75 Å². The van der Waals surface area contributed by atoms with E-state index in [0.717, 1.165) is 42.6 Å². The third kappa shape index (κ3) is 4.32. The molecule has 0 bridgehead atoms. The molecule has 2 amide bonds. The first-order valence-corrected chi connectivity index (χ1v) is 11.2. The van der Waals surface area contributed by atoms with E-state index in [1.807, 2.05) is 67.1 Å². The summed E-state index contributed by atoms with van der Waals surface area (Å²) < 4.78 is 5.85. The van der Waals surface area contributed by atoms with Crippen molar-refractivity contribution in [2.45, 2.75) is 45.6 Å². The maximum Gasteiger partial charge on any atom is 0.260 e. The molecule has 31 heavy (non-hydrogen) atoms. The Bertz CT molecular complexity index is 928. The fourth-order valence-corrected chi connectivity index (χ4v) is 5.16. The Morgan fingerprint density at radius 3 is 2.32 bits per heavy atom. The van der Waals surface area contributed by atoms with E-state index in [9.17, 15) is 9.59 Å².